The molecule has 0 aliphatic carbocycles. The van der Waals surface area contributed by atoms with Gasteiger partial charge in [0.2, 0.25) is 0 Å². The van der Waals surface area contributed by atoms with Crippen LogP contribution in [0.25, 0.3) is 0 Å². The molecule has 0 aromatic heterocycles. The highest BCUT2D eigenvalue weighted by Gasteiger charge is 2.32. The number of fused-ring (bicyclic) bond motifs is 1. The topological polar surface area (TPSA) is 32.3 Å². The summed E-state index contributed by atoms with van der Waals surface area (Å²) in [7, 11) is 0. The maximum absolute atomic E-state index is 12.3. The molecule has 2 heterocycles. The van der Waals surface area contributed by atoms with Gasteiger partial charge in [-0.1, -0.05) is 28.1 Å². The van der Waals surface area contributed by atoms with Crippen LogP contribution < -0.4 is 5.32 Å². The van der Waals surface area contributed by atoms with Crippen molar-refractivity contribution in [2.75, 3.05) is 13.1 Å². The number of halogens is 1. The number of nitrogens with zero attached hydrogens (tertiary/aromatic N) is 1. The number of benzene rings is 1. The summed E-state index contributed by atoms with van der Waals surface area (Å²) in [6, 6.07) is 8.88. The van der Waals surface area contributed by atoms with Gasteiger partial charge in [-0.15, -0.1) is 0 Å². The van der Waals surface area contributed by atoms with E-state index < -0.39 is 0 Å². The molecule has 2 atom stereocenters. The zero-order valence-electron chi connectivity index (χ0n) is 11.6. The summed E-state index contributed by atoms with van der Waals surface area (Å²) in [5.74, 6) is 0.0718. The second-order valence-corrected chi connectivity index (χ2v) is 6.42. The monoisotopic (exact) mass is 336 g/mol. The minimum Gasteiger partial charge on any atom is -0.349 e. The van der Waals surface area contributed by atoms with Gasteiger partial charge in [-0.05, 0) is 49.9 Å². The van der Waals surface area contributed by atoms with Gasteiger partial charge in [-0.3, -0.25) is 4.79 Å². The van der Waals surface area contributed by atoms with Crippen molar-refractivity contribution < 1.29 is 4.79 Å². The van der Waals surface area contributed by atoms with E-state index in [1.54, 1.807) is 0 Å². The lowest BCUT2D eigenvalue weighted by Gasteiger charge is -2.35. The second kappa shape index (κ2) is 6.27. The van der Waals surface area contributed by atoms with Gasteiger partial charge < -0.3 is 10.2 Å². The summed E-state index contributed by atoms with van der Waals surface area (Å²) in [4.78, 5) is 14.8. The molecule has 4 heteroatoms. The van der Waals surface area contributed by atoms with E-state index in [4.69, 9.17) is 0 Å². The molecule has 2 aliphatic heterocycles. The first-order valence-electron chi connectivity index (χ1n) is 7.46. The van der Waals surface area contributed by atoms with Crippen LogP contribution in [0.3, 0.4) is 0 Å². The predicted octanol–water partition coefficient (Wildman–Crippen LogP) is 2.94. The molecule has 1 aromatic carbocycles. The lowest BCUT2D eigenvalue weighted by Crippen LogP contribution is -2.47. The molecule has 3 nitrogen and oxygen atoms in total. The standard InChI is InChI=1S/C16H21BrN2O/c17-11-12-3-5-13(6-4-12)16(20)18-14-7-9-19-8-1-2-15(19)10-14/h3-6,14-15H,1-2,7-11H2,(H,18,20). The van der Waals surface area contributed by atoms with Crippen molar-refractivity contribution in [3.8, 4) is 0 Å². The maximum Gasteiger partial charge on any atom is 0.251 e. The van der Waals surface area contributed by atoms with Crippen LogP contribution in [-0.4, -0.2) is 36.0 Å². The summed E-state index contributed by atoms with van der Waals surface area (Å²) in [5, 5.41) is 4.04. The molecule has 20 heavy (non-hydrogen) atoms. The van der Waals surface area contributed by atoms with Crippen molar-refractivity contribution >= 4 is 21.8 Å². The summed E-state index contributed by atoms with van der Waals surface area (Å²) in [5.41, 5.74) is 1.96. The van der Waals surface area contributed by atoms with Crippen LogP contribution in [0.1, 0.15) is 41.6 Å². The number of hydrogen-bond acceptors (Lipinski definition) is 2. The summed E-state index contributed by atoms with van der Waals surface area (Å²) in [6.45, 7) is 2.39. The molecule has 3 rings (SSSR count). The molecular weight excluding hydrogens is 316 g/mol. The Balaban J connectivity index is 1.58. The Hall–Kier alpha value is -0.870. The van der Waals surface area contributed by atoms with E-state index in [-0.39, 0.29) is 5.91 Å². The SMILES string of the molecule is O=C(NC1CCN2CCCC2C1)c1ccc(CBr)cc1. The average Bonchev–Trinajstić information content (AvgIpc) is 2.95. The Morgan fingerprint density at radius 2 is 2.05 bits per heavy atom. The first-order chi connectivity index (χ1) is 9.76. The van der Waals surface area contributed by atoms with Crippen LogP contribution in [0.5, 0.6) is 0 Å². The molecular formula is C16H21BrN2O. The third-order valence-electron chi connectivity index (χ3n) is 4.53. The van der Waals surface area contributed by atoms with Crippen LogP contribution in [0.4, 0.5) is 0 Å². The maximum atomic E-state index is 12.3. The van der Waals surface area contributed by atoms with E-state index in [0.29, 0.717) is 12.1 Å². The molecule has 1 N–H and O–H groups in total. The van der Waals surface area contributed by atoms with Crippen LogP contribution >= 0.6 is 15.9 Å². The highest BCUT2D eigenvalue weighted by molar-refractivity contribution is 9.08. The van der Waals surface area contributed by atoms with E-state index in [0.717, 1.165) is 30.3 Å². The van der Waals surface area contributed by atoms with Crippen LogP contribution in [0.15, 0.2) is 24.3 Å². The number of rotatable bonds is 3. The first-order valence-corrected chi connectivity index (χ1v) is 8.58. The fraction of sp³-hybridized carbons (Fsp3) is 0.562. The number of alkyl halides is 1. The largest absolute Gasteiger partial charge is 0.349 e. The number of hydrogen-bond donors (Lipinski definition) is 1. The Bertz CT molecular complexity index is 474. The van der Waals surface area contributed by atoms with E-state index in [1.165, 1.54) is 24.9 Å². The normalized spacial score (nSPS) is 26.2. The smallest absolute Gasteiger partial charge is 0.251 e. The van der Waals surface area contributed by atoms with Crippen molar-refractivity contribution in [1.82, 2.24) is 10.2 Å². The van der Waals surface area contributed by atoms with Crippen molar-refractivity contribution in [2.45, 2.75) is 43.1 Å². The van der Waals surface area contributed by atoms with Gasteiger partial charge in [0.05, 0.1) is 0 Å². The van der Waals surface area contributed by atoms with Gasteiger partial charge in [0.15, 0.2) is 0 Å². The van der Waals surface area contributed by atoms with Crippen LogP contribution in [0, 0.1) is 0 Å². The minimum absolute atomic E-state index is 0.0718. The van der Waals surface area contributed by atoms with Crippen molar-refractivity contribution in [1.29, 1.82) is 0 Å². The van der Waals surface area contributed by atoms with Gasteiger partial charge in [-0.2, -0.15) is 0 Å². The Morgan fingerprint density at radius 3 is 2.80 bits per heavy atom. The molecule has 1 aromatic rings. The zero-order valence-corrected chi connectivity index (χ0v) is 13.2. The molecule has 2 saturated heterocycles. The lowest BCUT2D eigenvalue weighted by atomic mass is 9.97. The molecule has 1 amide bonds. The second-order valence-electron chi connectivity index (χ2n) is 5.86. The lowest BCUT2D eigenvalue weighted by molar-refractivity contribution is 0.0896. The fourth-order valence-electron chi connectivity index (χ4n) is 3.37. The van der Waals surface area contributed by atoms with Crippen molar-refractivity contribution in [3.05, 3.63) is 35.4 Å². The number of amides is 1. The molecule has 2 aliphatic rings. The highest BCUT2D eigenvalue weighted by atomic mass is 79.9. The van der Waals surface area contributed by atoms with E-state index in [9.17, 15) is 4.79 Å². The molecule has 0 bridgehead atoms. The van der Waals surface area contributed by atoms with Crippen LogP contribution in [0.2, 0.25) is 0 Å². The molecule has 0 spiro atoms. The summed E-state index contributed by atoms with van der Waals surface area (Å²) in [6.07, 6.45) is 4.82. The molecule has 108 valence electrons. The highest BCUT2D eigenvalue weighted by Crippen LogP contribution is 2.26. The van der Waals surface area contributed by atoms with Gasteiger partial charge in [-0.25, -0.2) is 0 Å². The Kier molecular flexibility index (Phi) is 4.41. The Labute approximate surface area is 128 Å². The number of carbonyl (C=O) groups excluding carboxylic acids is 1. The number of carbonyl (C=O) groups is 1. The first kappa shape index (κ1) is 14.1. The summed E-state index contributed by atoms with van der Waals surface area (Å²) < 4.78 is 0. The number of piperidine rings is 1. The molecule has 0 radical (unpaired) electrons. The Morgan fingerprint density at radius 1 is 1.25 bits per heavy atom. The van der Waals surface area contributed by atoms with Crippen molar-refractivity contribution in [2.24, 2.45) is 0 Å². The van der Waals surface area contributed by atoms with Crippen LogP contribution in [-0.2, 0) is 5.33 Å². The average molecular weight is 337 g/mol. The molecule has 2 fully saturated rings. The van der Waals surface area contributed by atoms with E-state index in [1.807, 2.05) is 24.3 Å². The minimum atomic E-state index is 0.0718. The van der Waals surface area contributed by atoms with Gasteiger partial charge in [0.25, 0.3) is 5.91 Å². The molecule has 0 saturated carbocycles. The predicted molar refractivity (Wildman–Crippen MR) is 84.2 cm³/mol. The number of nitrogens with one attached hydrogen (secondary N) is 1. The summed E-state index contributed by atoms with van der Waals surface area (Å²) >= 11 is 3.42. The van der Waals surface area contributed by atoms with E-state index in [2.05, 4.69) is 26.1 Å². The van der Waals surface area contributed by atoms with E-state index >= 15 is 0 Å². The molecule has 2 unspecified atom stereocenters. The van der Waals surface area contributed by atoms with Crippen molar-refractivity contribution in [3.63, 3.8) is 0 Å². The quantitative estimate of drug-likeness (QED) is 0.860. The fourth-order valence-corrected chi connectivity index (χ4v) is 3.74. The zero-order chi connectivity index (χ0) is 13.9. The third kappa shape index (κ3) is 3.07. The third-order valence-corrected chi connectivity index (χ3v) is 5.17. The van der Waals surface area contributed by atoms with Gasteiger partial charge >= 0.3 is 0 Å². The van der Waals surface area contributed by atoms with Gasteiger partial charge in [0, 0.05) is 29.5 Å². The van der Waals surface area contributed by atoms with Gasteiger partial charge in [0.1, 0.15) is 0 Å².